The zero-order valence-corrected chi connectivity index (χ0v) is 20.1. The van der Waals surface area contributed by atoms with E-state index in [0.29, 0.717) is 6.42 Å². The van der Waals surface area contributed by atoms with Gasteiger partial charge in [-0.1, -0.05) is 74.1 Å². The molecule has 0 heterocycles. The van der Waals surface area contributed by atoms with Crippen molar-refractivity contribution in [2.24, 2.45) is 0 Å². The molecule has 0 fully saturated rings. The summed E-state index contributed by atoms with van der Waals surface area (Å²) in [4.78, 5) is 26.8. The summed E-state index contributed by atoms with van der Waals surface area (Å²) >= 11 is 5.59. The molecule has 0 aliphatic heterocycles. The van der Waals surface area contributed by atoms with Crippen LogP contribution in [0.1, 0.15) is 64.9 Å². The lowest BCUT2D eigenvalue weighted by molar-refractivity contribution is -0.122. The standard InChI is InChI=1S/C23H38N2O2S2/c1-5-8-13-19(24-4)22(27)17-25-20(14-9-6-2)21(26)16-18-12-10-11-15-23(18)29(28)7-3/h10-12,15,19-20,24-25H,5-9,13-14,16-17H2,1-4H3/t19-,20-,29?/m0/s1. The van der Waals surface area contributed by atoms with E-state index in [1.807, 2.05) is 31.3 Å². The lowest BCUT2D eigenvalue weighted by Gasteiger charge is -2.20. The van der Waals surface area contributed by atoms with Crippen LogP contribution < -0.4 is 10.6 Å². The summed E-state index contributed by atoms with van der Waals surface area (Å²) < 4.78 is 0. The van der Waals surface area contributed by atoms with Gasteiger partial charge in [0.2, 0.25) is 0 Å². The molecule has 1 unspecified atom stereocenters. The van der Waals surface area contributed by atoms with Crippen molar-refractivity contribution in [1.82, 2.24) is 10.6 Å². The molecule has 0 saturated heterocycles. The number of carbonyl (C=O) groups excluding carboxylic acids is 2. The van der Waals surface area contributed by atoms with Crippen LogP contribution in [0, 0.1) is 0 Å². The minimum absolute atomic E-state index is 0.133. The molecule has 4 nitrogen and oxygen atoms in total. The van der Waals surface area contributed by atoms with Gasteiger partial charge in [-0.25, -0.2) is 0 Å². The fourth-order valence-electron chi connectivity index (χ4n) is 3.35. The molecule has 6 heteroatoms. The molecule has 0 radical (unpaired) electrons. The first-order chi connectivity index (χ1) is 14.0. The summed E-state index contributed by atoms with van der Waals surface area (Å²) in [6.45, 7) is 6.56. The van der Waals surface area contributed by atoms with E-state index in [9.17, 15) is 9.59 Å². The number of benzene rings is 1. The first kappa shape index (κ1) is 26.1. The van der Waals surface area contributed by atoms with Crippen LogP contribution in [0.4, 0.5) is 0 Å². The number of ketones is 2. The molecule has 0 aromatic heterocycles. The third-order valence-corrected chi connectivity index (χ3v) is 7.84. The highest BCUT2D eigenvalue weighted by atomic mass is 32.8. The van der Waals surface area contributed by atoms with Gasteiger partial charge in [0, 0.05) is 11.3 Å². The van der Waals surface area contributed by atoms with Crippen molar-refractivity contribution < 1.29 is 9.59 Å². The van der Waals surface area contributed by atoms with E-state index in [0.717, 1.165) is 54.7 Å². The molecule has 2 N–H and O–H groups in total. The summed E-state index contributed by atoms with van der Waals surface area (Å²) in [5.41, 5.74) is 1.03. The van der Waals surface area contributed by atoms with Gasteiger partial charge < -0.3 is 10.6 Å². The van der Waals surface area contributed by atoms with Gasteiger partial charge in [-0.2, -0.15) is 0 Å². The number of hydrogen-bond donors (Lipinski definition) is 2. The first-order valence-corrected chi connectivity index (χ1v) is 13.2. The minimum atomic E-state index is -0.288. The highest BCUT2D eigenvalue weighted by Crippen LogP contribution is 2.17. The molecule has 0 saturated carbocycles. The van der Waals surface area contributed by atoms with E-state index in [1.165, 1.54) is 0 Å². The Hall–Kier alpha value is -0.950. The quantitative estimate of drug-likeness (QED) is 0.412. The van der Waals surface area contributed by atoms with Gasteiger partial charge in [0.1, 0.15) is 0 Å². The monoisotopic (exact) mass is 438 g/mol. The first-order valence-electron chi connectivity index (χ1n) is 10.9. The van der Waals surface area contributed by atoms with Crippen LogP contribution in [0.25, 0.3) is 0 Å². The zero-order chi connectivity index (χ0) is 21.6. The molecular weight excluding hydrogens is 400 g/mol. The number of nitrogens with one attached hydrogen (secondary N) is 2. The molecule has 0 bridgehead atoms. The number of rotatable bonds is 16. The number of hydrogen-bond acceptors (Lipinski definition) is 5. The largest absolute Gasteiger partial charge is 0.311 e. The van der Waals surface area contributed by atoms with Crippen LogP contribution in [0.15, 0.2) is 29.2 Å². The molecule has 0 aliphatic rings. The number of Topliss-reactive ketones (excluding diaryl/α,β-unsaturated/α-hetero) is 2. The zero-order valence-electron chi connectivity index (χ0n) is 18.5. The molecule has 164 valence electrons. The molecule has 1 aromatic carbocycles. The molecule has 29 heavy (non-hydrogen) atoms. The predicted molar refractivity (Wildman–Crippen MR) is 127 cm³/mol. The Morgan fingerprint density at radius 2 is 1.62 bits per heavy atom. The molecule has 0 spiro atoms. The number of unbranched alkanes of at least 4 members (excludes halogenated alkanes) is 2. The van der Waals surface area contributed by atoms with E-state index in [-0.39, 0.29) is 39.6 Å². The van der Waals surface area contributed by atoms with E-state index in [1.54, 1.807) is 0 Å². The molecule has 3 atom stereocenters. The Morgan fingerprint density at radius 3 is 2.21 bits per heavy atom. The normalized spacial score (nSPS) is 14.3. The number of carbonyl (C=O) groups is 2. The van der Waals surface area contributed by atoms with Crippen molar-refractivity contribution in [3.8, 4) is 0 Å². The van der Waals surface area contributed by atoms with Gasteiger partial charge >= 0.3 is 0 Å². The second kappa shape index (κ2) is 14.9. The van der Waals surface area contributed by atoms with Crippen molar-refractivity contribution in [3.05, 3.63) is 29.8 Å². The molecule has 1 rings (SSSR count). The maximum absolute atomic E-state index is 13.1. The second-order valence-electron chi connectivity index (χ2n) is 7.41. The van der Waals surface area contributed by atoms with Crippen LogP contribution >= 0.6 is 0 Å². The molecule has 0 aliphatic carbocycles. The lowest BCUT2D eigenvalue weighted by atomic mass is 9.98. The number of likely N-dealkylation sites (N-methyl/N-ethyl adjacent to an activating group) is 1. The topological polar surface area (TPSA) is 58.2 Å². The van der Waals surface area contributed by atoms with Gasteiger partial charge in [0.25, 0.3) is 0 Å². The minimum Gasteiger partial charge on any atom is -0.311 e. The Morgan fingerprint density at radius 1 is 1.00 bits per heavy atom. The third kappa shape index (κ3) is 9.16. The Bertz CT molecular complexity index is 664. The van der Waals surface area contributed by atoms with Gasteiger partial charge in [0.05, 0.1) is 18.6 Å². The lowest BCUT2D eigenvalue weighted by Crippen LogP contribution is -2.45. The summed E-state index contributed by atoms with van der Waals surface area (Å²) in [6, 6.07) is 7.59. The molecule has 1 aromatic rings. The second-order valence-corrected chi connectivity index (χ2v) is 10.3. The van der Waals surface area contributed by atoms with E-state index >= 15 is 0 Å². The van der Waals surface area contributed by atoms with Gasteiger partial charge in [-0.3, -0.25) is 9.59 Å². The van der Waals surface area contributed by atoms with Crippen molar-refractivity contribution in [2.45, 2.75) is 82.7 Å². The van der Waals surface area contributed by atoms with E-state index < -0.39 is 0 Å². The maximum Gasteiger partial charge on any atom is 0.163 e. The Labute approximate surface area is 184 Å². The fraction of sp³-hybridized carbons (Fsp3) is 0.652. The fourth-order valence-corrected chi connectivity index (χ4v) is 4.81. The summed E-state index contributed by atoms with van der Waals surface area (Å²) in [7, 11) is 1.57. The van der Waals surface area contributed by atoms with Crippen LogP contribution in [-0.4, -0.2) is 43.0 Å². The van der Waals surface area contributed by atoms with Crippen LogP contribution in [-0.2, 0) is 36.7 Å². The Kier molecular flexibility index (Phi) is 13.4. The summed E-state index contributed by atoms with van der Waals surface area (Å²) in [5, 5.41) is 6.38. The molecular formula is C23H38N2O2S2. The van der Waals surface area contributed by atoms with Crippen LogP contribution in [0.3, 0.4) is 0 Å². The van der Waals surface area contributed by atoms with Gasteiger partial charge in [-0.05, 0) is 48.5 Å². The van der Waals surface area contributed by atoms with E-state index in [4.69, 9.17) is 11.2 Å². The maximum atomic E-state index is 13.1. The third-order valence-electron chi connectivity index (χ3n) is 5.19. The SMILES string of the molecule is CCCC[C@H](NC)C(=O)CN[C@@H](CCCC)C(=O)Cc1ccccc1S(=S)CC. The molecule has 0 amide bonds. The van der Waals surface area contributed by atoms with Gasteiger partial charge in [-0.15, -0.1) is 0 Å². The van der Waals surface area contributed by atoms with Crippen molar-refractivity contribution in [2.75, 3.05) is 19.3 Å². The summed E-state index contributed by atoms with van der Waals surface area (Å²) in [6.07, 6.45) is 6.05. The average Bonchev–Trinajstić information content (AvgIpc) is 2.74. The van der Waals surface area contributed by atoms with Crippen LogP contribution in [0.2, 0.25) is 0 Å². The van der Waals surface area contributed by atoms with Gasteiger partial charge in [0.15, 0.2) is 11.6 Å². The smallest absolute Gasteiger partial charge is 0.163 e. The highest BCUT2D eigenvalue weighted by Gasteiger charge is 2.22. The van der Waals surface area contributed by atoms with E-state index in [2.05, 4.69) is 31.4 Å². The van der Waals surface area contributed by atoms with Crippen LogP contribution in [0.5, 0.6) is 0 Å². The highest BCUT2D eigenvalue weighted by molar-refractivity contribution is 8.28. The Balaban J connectivity index is 2.81. The average molecular weight is 439 g/mol. The van der Waals surface area contributed by atoms with Crippen molar-refractivity contribution in [1.29, 1.82) is 0 Å². The predicted octanol–water partition coefficient (Wildman–Crippen LogP) is 3.75. The van der Waals surface area contributed by atoms with Crippen molar-refractivity contribution in [3.63, 3.8) is 0 Å². The summed E-state index contributed by atoms with van der Waals surface area (Å²) in [5.74, 6) is 1.18. The van der Waals surface area contributed by atoms with Crippen molar-refractivity contribution >= 4 is 32.2 Å².